The highest BCUT2D eigenvalue weighted by molar-refractivity contribution is 7.96. The molecule has 0 bridgehead atoms. The first-order chi connectivity index (χ1) is 5.70. The van der Waals surface area contributed by atoms with Crippen LogP contribution in [-0.2, 0) is 4.79 Å². The summed E-state index contributed by atoms with van der Waals surface area (Å²) < 4.78 is 0. The van der Waals surface area contributed by atoms with E-state index >= 15 is 0 Å². The molecule has 0 fully saturated rings. The average Bonchev–Trinajstić information content (AvgIpc) is 2.05. The van der Waals surface area contributed by atoms with Gasteiger partial charge < -0.3 is 0 Å². The standard InChI is InChI=1S/C9H11NOS/c1-7(6-9(11)12)8-4-2-3-5-10-8/h2-5,7H,6H2,1H3,(H,11,12). The Bertz CT molecular complexity index is 260. The third-order valence-corrected chi connectivity index (χ3v) is 1.86. The molecule has 0 aliphatic heterocycles. The van der Waals surface area contributed by atoms with Crippen LogP contribution < -0.4 is 0 Å². The molecule has 1 aromatic heterocycles. The molecule has 0 saturated heterocycles. The van der Waals surface area contributed by atoms with Crippen LogP contribution >= 0.6 is 12.6 Å². The molecule has 0 N–H and O–H groups in total. The molecule has 64 valence electrons. The number of thiol groups is 1. The first-order valence-electron chi connectivity index (χ1n) is 3.83. The quantitative estimate of drug-likeness (QED) is 0.723. The zero-order chi connectivity index (χ0) is 8.97. The summed E-state index contributed by atoms with van der Waals surface area (Å²) in [7, 11) is 0. The van der Waals surface area contributed by atoms with Gasteiger partial charge in [0.2, 0.25) is 0 Å². The Balaban J connectivity index is 2.65. The lowest BCUT2D eigenvalue weighted by molar-refractivity contribution is -0.111. The van der Waals surface area contributed by atoms with Gasteiger partial charge in [0.25, 0.3) is 0 Å². The molecule has 12 heavy (non-hydrogen) atoms. The van der Waals surface area contributed by atoms with Gasteiger partial charge in [0.05, 0.1) is 0 Å². The van der Waals surface area contributed by atoms with Gasteiger partial charge in [-0.05, 0) is 12.1 Å². The molecule has 0 aliphatic carbocycles. The minimum atomic E-state index is -0.0897. The fraction of sp³-hybridized carbons (Fsp3) is 0.333. The summed E-state index contributed by atoms with van der Waals surface area (Å²) in [5, 5.41) is -0.0897. The van der Waals surface area contributed by atoms with Crippen molar-refractivity contribution in [2.75, 3.05) is 0 Å². The fourth-order valence-corrected chi connectivity index (χ4v) is 1.31. The Morgan fingerprint density at radius 1 is 1.67 bits per heavy atom. The summed E-state index contributed by atoms with van der Waals surface area (Å²) in [4.78, 5) is 14.8. The largest absolute Gasteiger partial charge is 0.287 e. The van der Waals surface area contributed by atoms with Gasteiger partial charge in [-0.2, -0.15) is 0 Å². The van der Waals surface area contributed by atoms with Crippen molar-refractivity contribution in [1.29, 1.82) is 0 Å². The second-order valence-electron chi connectivity index (χ2n) is 2.75. The summed E-state index contributed by atoms with van der Waals surface area (Å²) in [5.41, 5.74) is 0.944. The predicted octanol–water partition coefficient (Wildman–Crippen LogP) is 2.03. The molecule has 0 amide bonds. The fourth-order valence-electron chi connectivity index (χ4n) is 1.03. The lowest BCUT2D eigenvalue weighted by Gasteiger charge is -2.06. The van der Waals surface area contributed by atoms with Gasteiger partial charge in [-0.3, -0.25) is 9.78 Å². The Morgan fingerprint density at radius 3 is 2.92 bits per heavy atom. The number of carbonyl (C=O) groups excluding carboxylic acids is 1. The van der Waals surface area contributed by atoms with E-state index in [1.54, 1.807) is 6.20 Å². The molecule has 2 nitrogen and oxygen atoms in total. The van der Waals surface area contributed by atoms with Crippen LogP contribution in [0.5, 0.6) is 0 Å². The van der Waals surface area contributed by atoms with Gasteiger partial charge in [0.15, 0.2) is 5.12 Å². The first-order valence-corrected chi connectivity index (χ1v) is 4.27. The topological polar surface area (TPSA) is 30.0 Å². The molecule has 0 radical (unpaired) electrons. The lowest BCUT2D eigenvalue weighted by atomic mass is 10.0. The molecular formula is C9H11NOS. The maximum Gasteiger partial charge on any atom is 0.186 e. The van der Waals surface area contributed by atoms with Gasteiger partial charge in [-0.25, -0.2) is 0 Å². The van der Waals surface area contributed by atoms with Crippen molar-refractivity contribution in [3.63, 3.8) is 0 Å². The van der Waals surface area contributed by atoms with Crippen molar-refractivity contribution in [3.8, 4) is 0 Å². The molecule has 0 spiro atoms. The highest BCUT2D eigenvalue weighted by Gasteiger charge is 2.08. The van der Waals surface area contributed by atoms with E-state index in [0.29, 0.717) is 6.42 Å². The van der Waals surface area contributed by atoms with Gasteiger partial charge in [0, 0.05) is 24.2 Å². The maximum atomic E-state index is 10.7. The monoisotopic (exact) mass is 181 g/mol. The Morgan fingerprint density at radius 2 is 2.42 bits per heavy atom. The van der Waals surface area contributed by atoms with Crippen LogP contribution in [0.2, 0.25) is 0 Å². The van der Waals surface area contributed by atoms with E-state index in [4.69, 9.17) is 0 Å². The molecule has 0 aromatic carbocycles. The Hall–Kier alpha value is -0.830. The van der Waals surface area contributed by atoms with Crippen molar-refractivity contribution in [1.82, 2.24) is 4.98 Å². The van der Waals surface area contributed by atoms with Crippen LogP contribution in [0.15, 0.2) is 24.4 Å². The Labute approximate surface area is 77.4 Å². The van der Waals surface area contributed by atoms with Gasteiger partial charge in [-0.15, -0.1) is 12.6 Å². The normalized spacial score (nSPS) is 12.5. The van der Waals surface area contributed by atoms with E-state index in [-0.39, 0.29) is 11.0 Å². The number of hydrogen-bond donors (Lipinski definition) is 1. The number of aromatic nitrogens is 1. The van der Waals surface area contributed by atoms with E-state index in [2.05, 4.69) is 17.6 Å². The molecule has 1 unspecified atom stereocenters. The smallest absolute Gasteiger partial charge is 0.186 e. The zero-order valence-electron chi connectivity index (χ0n) is 6.90. The minimum absolute atomic E-state index is 0.0897. The summed E-state index contributed by atoms with van der Waals surface area (Å²) in [6.07, 6.45) is 2.18. The van der Waals surface area contributed by atoms with Crippen LogP contribution in [0.25, 0.3) is 0 Å². The van der Waals surface area contributed by atoms with Crippen molar-refractivity contribution in [3.05, 3.63) is 30.1 Å². The summed E-state index contributed by atoms with van der Waals surface area (Å²) >= 11 is 3.72. The molecule has 1 heterocycles. The van der Waals surface area contributed by atoms with Crippen LogP contribution in [0.4, 0.5) is 0 Å². The molecule has 1 rings (SSSR count). The van der Waals surface area contributed by atoms with E-state index in [0.717, 1.165) is 5.69 Å². The molecule has 1 aromatic rings. The Kier molecular flexibility index (Phi) is 3.29. The van der Waals surface area contributed by atoms with Gasteiger partial charge in [-0.1, -0.05) is 13.0 Å². The molecule has 0 aliphatic rings. The minimum Gasteiger partial charge on any atom is -0.287 e. The van der Waals surface area contributed by atoms with Crippen molar-refractivity contribution < 1.29 is 4.79 Å². The maximum absolute atomic E-state index is 10.7. The molecule has 1 atom stereocenters. The first kappa shape index (κ1) is 9.26. The number of pyridine rings is 1. The van der Waals surface area contributed by atoms with Crippen LogP contribution in [0, 0.1) is 0 Å². The third kappa shape index (κ3) is 2.66. The lowest BCUT2D eigenvalue weighted by Crippen LogP contribution is -2.00. The molecule has 3 heteroatoms. The average molecular weight is 181 g/mol. The van der Waals surface area contributed by atoms with Gasteiger partial charge in [0.1, 0.15) is 0 Å². The SMILES string of the molecule is CC(CC(=O)S)c1ccccn1. The molecular weight excluding hydrogens is 170 g/mol. The number of carbonyl (C=O) groups is 1. The van der Waals surface area contributed by atoms with Gasteiger partial charge >= 0.3 is 0 Å². The highest BCUT2D eigenvalue weighted by atomic mass is 32.1. The van der Waals surface area contributed by atoms with Crippen molar-refractivity contribution in [2.45, 2.75) is 19.3 Å². The van der Waals surface area contributed by atoms with E-state index in [1.807, 2.05) is 25.1 Å². The second-order valence-corrected chi connectivity index (χ2v) is 3.25. The highest BCUT2D eigenvalue weighted by Crippen LogP contribution is 2.16. The van der Waals surface area contributed by atoms with E-state index in [9.17, 15) is 4.79 Å². The van der Waals surface area contributed by atoms with E-state index in [1.165, 1.54) is 0 Å². The zero-order valence-corrected chi connectivity index (χ0v) is 7.79. The summed E-state index contributed by atoms with van der Waals surface area (Å²) in [6, 6.07) is 5.70. The van der Waals surface area contributed by atoms with E-state index < -0.39 is 0 Å². The van der Waals surface area contributed by atoms with Crippen molar-refractivity contribution >= 4 is 17.7 Å². The number of rotatable bonds is 3. The third-order valence-electron chi connectivity index (χ3n) is 1.67. The van der Waals surface area contributed by atoms with Crippen LogP contribution in [0.1, 0.15) is 25.0 Å². The summed E-state index contributed by atoms with van der Waals surface area (Å²) in [6.45, 7) is 1.97. The van der Waals surface area contributed by atoms with Crippen molar-refractivity contribution in [2.24, 2.45) is 0 Å². The van der Waals surface area contributed by atoms with Crippen LogP contribution in [0.3, 0.4) is 0 Å². The number of hydrogen-bond acceptors (Lipinski definition) is 2. The second kappa shape index (κ2) is 4.26. The number of nitrogens with zero attached hydrogens (tertiary/aromatic N) is 1. The van der Waals surface area contributed by atoms with Crippen LogP contribution in [-0.4, -0.2) is 10.1 Å². The summed E-state index contributed by atoms with van der Waals surface area (Å²) in [5.74, 6) is 0.163. The molecule has 0 saturated carbocycles. The predicted molar refractivity (Wildman–Crippen MR) is 51.3 cm³/mol.